The largest absolute Gasteiger partial charge is 0.481 e. The van der Waals surface area contributed by atoms with Gasteiger partial charge in [-0.3, -0.25) is 65.0 Å². The summed E-state index contributed by atoms with van der Waals surface area (Å²) in [6.45, 7) is 7.58. The van der Waals surface area contributed by atoms with Crippen molar-refractivity contribution in [3.63, 3.8) is 0 Å². The van der Waals surface area contributed by atoms with Crippen molar-refractivity contribution in [2.45, 2.75) is 173 Å². The number of aliphatic hydroxyl groups is 4. The van der Waals surface area contributed by atoms with Crippen LogP contribution in [0.15, 0.2) is 38.0 Å². The number of Topliss-reactive ketones (excluding diaryl/α,β-unsaturated/α-hetero) is 5. The number of rotatable bonds is 45. The van der Waals surface area contributed by atoms with Crippen molar-refractivity contribution in [2.24, 2.45) is 10.8 Å². The highest BCUT2D eigenvalue weighted by Crippen LogP contribution is 2.63. The maximum Gasteiger partial charge on any atom is 0.481 e. The van der Waals surface area contributed by atoms with Gasteiger partial charge in [0, 0.05) is 61.5 Å². The van der Waals surface area contributed by atoms with E-state index in [4.69, 9.17) is 39.0 Å². The molecule has 6 rings (SSSR count). The van der Waals surface area contributed by atoms with Crippen molar-refractivity contribution in [3.8, 4) is 0 Å². The zero-order valence-corrected chi connectivity index (χ0v) is 64.8. The van der Waals surface area contributed by atoms with Crippen LogP contribution in [0, 0.1) is 10.8 Å². The average Bonchev–Trinajstić information content (AvgIpc) is 1.62. The molecule has 2 aliphatic rings. The highest BCUT2D eigenvalue weighted by atomic mass is 32.2. The van der Waals surface area contributed by atoms with Gasteiger partial charge >= 0.3 is 46.9 Å². The average molecular weight is 1670 g/mol. The molecule has 16 N–H and O–H groups in total. The van der Waals surface area contributed by atoms with Crippen molar-refractivity contribution in [3.05, 3.63) is 38.0 Å². The minimum absolute atomic E-state index is 0.0185. The smallest absolute Gasteiger partial charge is 0.386 e. The Morgan fingerprint density at radius 1 is 0.575 bits per heavy atom. The molecule has 4 unspecified atom stereocenters. The first kappa shape index (κ1) is 94.0. The van der Waals surface area contributed by atoms with Crippen LogP contribution >= 0.6 is 71.3 Å². The molecule has 0 bridgehead atoms. The molecular weight excluding hydrogens is 1580 g/mol. The summed E-state index contributed by atoms with van der Waals surface area (Å²) in [6, 6.07) is 0. The molecule has 0 radical (unpaired) electrons. The highest BCUT2D eigenvalue weighted by Gasteiger charge is 2.52. The summed E-state index contributed by atoms with van der Waals surface area (Å²) in [4.78, 5) is 171. The Labute approximate surface area is 614 Å². The number of thiol groups is 1. The standard InChI is InChI=1S/C27H44N5O17P3S.C23H38N5O16P3S.C4H6O/c1-16(33)9-11-53-10-5-7-17(34)6-4-8-18(35)23(37)27(2,3)13-46-52(43,44)49-51(41,42)45-12-19-22(48-50(38,39)40)21(36)26(47-19)32-15-31-20-24(28)29-14-30-25(20)32;1-23(2,19(32)14(30)7-3-5-13(29)6-4-8-48)10-41-47(38,39)44-46(36,37)40-9-15-18(43-45(33,34)35)17(31)22(42-15)28-12-27-16-20(24)25-11-26-21(16)28;1-3-4(2)5/h14-15,19,21-23,26,36-37H,4-13H2,1-3H3,(H,41,42)(H,43,44)(H2,28,29,30)(H2,38,39,40);11-12,15,17-19,22,31-32,48H,3-10H2,1-2H3,(H,36,37)(H,38,39)(H2,24,25,26)(H2,33,34,35);3H,1H2,2H3/t19-,21-,22-,23+,26+;15-,17-,18-,19+,22+;/m11./s1. The van der Waals surface area contributed by atoms with E-state index < -0.39 is 157 Å². The molecule has 4 aromatic heterocycles. The van der Waals surface area contributed by atoms with E-state index >= 15 is 0 Å². The SMILES string of the molecule is C=CC(C)=O.CC(=O)CCSCCCC(=O)CCCC(=O)[C@H](O)C(C)(C)COP(=O)(O)OP(=O)(O)OC[C@H]1O[C@H](n2cnc3c(N)ncnc32)[C@H](O)[C@@H]1OP(=O)(O)O.CC(C)(COP(=O)(O)OP(=O)(O)OC[C@H]1O[C@H](n2cnc3c(N)ncnc32)[C@H](O)[C@@H]1OP(=O)(O)O)[C@@H](O)C(=O)CCCC(=O)CCCS. The molecule has 106 heavy (non-hydrogen) atoms. The van der Waals surface area contributed by atoms with Crippen molar-refractivity contribution in [1.29, 1.82) is 0 Å². The number of nitrogens with zero attached hydrogens (tertiary/aromatic N) is 8. The molecule has 2 fully saturated rings. The molecule has 14 atom stereocenters. The Kier molecular flexibility index (Phi) is 36.6. The molecule has 2 saturated heterocycles. The number of carbonyl (C=O) groups is 6. The second-order valence-corrected chi connectivity index (χ2v) is 35.0. The lowest BCUT2D eigenvalue weighted by atomic mass is 9.84. The number of hydrogen-bond donors (Lipinski definition) is 15. The minimum atomic E-state index is -5.54. The number of imidazole rings is 2. The minimum Gasteiger partial charge on any atom is -0.386 e. The predicted octanol–water partition coefficient (Wildman–Crippen LogP) is 3.15. The van der Waals surface area contributed by atoms with Crippen LogP contribution in [0.5, 0.6) is 0 Å². The lowest BCUT2D eigenvalue weighted by Gasteiger charge is -2.30. The van der Waals surface area contributed by atoms with Crippen LogP contribution in [0.25, 0.3) is 22.3 Å². The van der Waals surface area contributed by atoms with Gasteiger partial charge < -0.3 is 80.5 Å². The second kappa shape index (κ2) is 41.3. The number of aromatic nitrogens is 8. The third kappa shape index (κ3) is 31.1. The van der Waals surface area contributed by atoms with Crippen molar-refractivity contribution in [1.82, 2.24) is 39.0 Å². The summed E-state index contributed by atoms with van der Waals surface area (Å²) in [7, 11) is -32.5. The van der Waals surface area contributed by atoms with E-state index in [0.717, 1.165) is 34.4 Å². The van der Waals surface area contributed by atoms with E-state index in [1.165, 1.54) is 47.6 Å². The number of fused-ring (bicyclic) bond motifs is 2. The maximum atomic E-state index is 12.7. The molecule has 0 aromatic carbocycles. The topological polar surface area (TPSA) is 679 Å². The monoisotopic (exact) mass is 1670 g/mol. The number of anilines is 2. The van der Waals surface area contributed by atoms with Gasteiger partial charge in [-0.2, -0.15) is 33.0 Å². The first-order valence-electron chi connectivity index (χ1n) is 31.5. The lowest BCUT2D eigenvalue weighted by Crippen LogP contribution is -2.39. The molecule has 2 aliphatic heterocycles. The summed E-state index contributed by atoms with van der Waals surface area (Å²) < 4.78 is 124. The van der Waals surface area contributed by atoms with Crippen LogP contribution in [0.1, 0.15) is 125 Å². The molecular formula is C54H88N10O34P6S2. The van der Waals surface area contributed by atoms with E-state index in [-0.39, 0.29) is 95.6 Å². The van der Waals surface area contributed by atoms with Gasteiger partial charge in [0.15, 0.2) is 52.7 Å². The van der Waals surface area contributed by atoms with Crippen molar-refractivity contribution >= 4 is 140 Å². The summed E-state index contributed by atoms with van der Waals surface area (Å²) in [6.07, 6.45) is -9.18. The maximum absolute atomic E-state index is 12.7. The summed E-state index contributed by atoms with van der Waals surface area (Å²) in [5, 5.41) is 42.8. The number of nitrogens with two attached hydrogens (primary N) is 2. The molecule has 0 spiro atoms. The van der Waals surface area contributed by atoms with E-state index in [2.05, 4.69) is 66.8 Å². The van der Waals surface area contributed by atoms with Crippen molar-refractivity contribution in [2.75, 3.05) is 55.2 Å². The summed E-state index contributed by atoms with van der Waals surface area (Å²) in [5.74, 6) is 0.516. The Bertz CT molecular complexity index is 3980. The Morgan fingerprint density at radius 3 is 1.28 bits per heavy atom. The fourth-order valence-electron chi connectivity index (χ4n) is 9.48. The fourth-order valence-corrected chi connectivity index (χ4v) is 16.3. The van der Waals surface area contributed by atoms with Gasteiger partial charge in [0.25, 0.3) is 0 Å². The summed E-state index contributed by atoms with van der Waals surface area (Å²) >= 11 is 5.60. The third-order valence-corrected chi connectivity index (χ3v) is 22.6. The number of phosphoric acid groups is 6. The van der Waals surface area contributed by atoms with Gasteiger partial charge in [0.05, 0.1) is 39.1 Å². The number of phosphoric ester groups is 6. The number of allylic oxidation sites excluding steroid dienone is 1. The van der Waals surface area contributed by atoms with Gasteiger partial charge in [-0.05, 0) is 57.1 Å². The molecule has 0 aliphatic carbocycles. The molecule has 0 amide bonds. The molecule has 4 aromatic rings. The van der Waals surface area contributed by atoms with Gasteiger partial charge in [-0.25, -0.2) is 57.3 Å². The number of hydrogen-bond acceptors (Lipinski definition) is 36. The van der Waals surface area contributed by atoms with Gasteiger partial charge in [-0.1, -0.05) is 34.3 Å². The van der Waals surface area contributed by atoms with Crippen LogP contribution < -0.4 is 11.5 Å². The number of nitrogen functional groups attached to an aromatic ring is 2. The molecule has 6 heterocycles. The van der Waals surface area contributed by atoms with E-state index in [0.29, 0.717) is 49.4 Å². The Morgan fingerprint density at radius 2 is 0.934 bits per heavy atom. The molecule has 0 saturated carbocycles. The lowest BCUT2D eigenvalue weighted by molar-refractivity contribution is -0.135. The number of ketones is 6. The van der Waals surface area contributed by atoms with Gasteiger partial charge in [0.2, 0.25) is 0 Å². The van der Waals surface area contributed by atoms with Crippen LogP contribution in [-0.2, 0) is 101 Å². The van der Waals surface area contributed by atoms with Gasteiger partial charge in [0.1, 0.15) is 89.9 Å². The molecule has 600 valence electrons. The third-order valence-electron chi connectivity index (χ3n) is 15.0. The number of ether oxygens (including phenoxy) is 2. The Balaban J connectivity index is 0.000000423. The van der Waals surface area contributed by atoms with E-state index in [1.54, 1.807) is 11.8 Å². The first-order chi connectivity index (χ1) is 48.9. The molecule has 52 heteroatoms. The van der Waals surface area contributed by atoms with Crippen LogP contribution in [0.3, 0.4) is 0 Å². The van der Waals surface area contributed by atoms with E-state index in [9.17, 15) is 116 Å². The second-order valence-electron chi connectivity index (χ2n) is 24.9. The Hall–Kier alpha value is -4.34. The zero-order valence-electron chi connectivity index (χ0n) is 57.7. The van der Waals surface area contributed by atoms with Crippen LogP contribution in [-0.4, -0.2) is 226 Å². The highest BCUT2D eigenvalue weighted by molar-refractivity contribution is 7.99. The van der Waals surface area contributed by atoms with Gasteiger partial charge in [-0.15, -0.1) is 0 Å². The fraction of sp³-hybridized carbons (Fsp3) is 0.667. The van der Waals surface area contributed by atoms with E-state index in [1.807, 2.05) is 0 Å². The van der Waals surface area contributed by atoms with Crippen LogP contribution in [0.2, 0.25) is 0 Å². The number of carbonyl (C=O) groups excluding carboxylic acids is 6. The summed E-state index contributed by atoms with van der Waals surface area (Å²) in [5.41, 5.74) is 8.77. The quantitative estimate of drug-likeness (QED) is 0.0131. The zero-order chi connectivity index (χ0) is 80.1. The van der Waals surface area contributed by atoms with Crippen molar-refractivity contribution < 1.29 is 161 Å². The number of thioether (sulfide) groups is 1. The molecule has 44 nitrogen and oxygen atoms in total. The first-order valence-corrected chi connectivity index (χ1v) is 42.4. The van der Waals surface area contributed by atoms with Crippen LogP contribution in [0.4, 0.5) is 11.6 Å². The predicted molar refractivity (Wildman–Crippen MR) is 372 cm³/mol. The normalized spacial score (nSPS) is 22.1. The number of aliphatic hydroxyl groups excluding tert-OH is 4.